The summed E-state index contributed by atoms with van der Waals surface area (Å²) in [6.07, 6.45) is 1.47. The van der Waals surface area contributed by atoms with Gasteiger partial charge in [-0.1, -0.05) is 35.9 Å². The maximum Gasteiger partial charge on any atom is 0.264 e. The van der Waals surface area contributed by atoms with Gasteiger partial charge in [0.05, 0.1) is 10.6 Å². The number of anilines is 2. The number of benzene rings is 3. The number of carbonyl (C=O) groups is 2. The first kappa shape index (κ1) is 27.6. The van der Waals surface area contributed by atoms with Gasteiger partial charge in [-0.2, -0.15) is 0 Å². The molecule has 40 heavy (non-hydrogen) atoms. The third-order valence-electron chi connectivity index (χ3n) is 6.14. The molecule has 2 amide bonds. The van der Waals surface area contributed by atoms with Crippen LogP contribution in [0.15, 0.2) is 90.0 Å². The van der Waals surface area contributed by atoms with Crippen molar-refractivity contribution >= 4 is 56.8 Å². The SMILES string of the molecule is Cc1ccnc(NS(=O)(=O)c2ccc(NC(=O)c3ccc([C@H]4SCC(=O)N4Cc4ccc(Cl)cc4)cc3)cc2)n1. The number of amides is 2. The van der Waals surface area contributed by atoms with Crippen LogP contribution >= 0.6 is 23.4 Å². The normalized spacial score (nSPS) is 15.2. The van der Waals surface area contributed by atoms with E-state index in [1.54, 1.807) is 49.0 Å². The molecule has 2 heterocycles. The van der Waals surface area contributed by atoms with Crippen molar-refractivity contribution in [3.63, 3.8) is 0 Å². The monoisotopic (exact) mass is 593 g/mol. The average molecular weight is 594 g/mol. The first-order valence-electron chi connectivity index (χ1n) is 12.2. The van der Waals surface area contributed by atoms with Crippen LogP contribution in [0.4, 0.5) is 11.6 Å². The van der Waals surface area contributed by atoms with E-state index in [1.165, 1.54) is 30.5 Å². The molecule has 0 saturated carbocycles. The number of nitrogens with zero attached hydrogens (tertiary/aromatic N) is 3. The summed E-state index contributed by atoms with van der Waals surface area (Å²) in [7, 11) is -3.89. The van der Waals surface area contributed by atoms with E-state index < -0.39 is 10.0 Å². The Morgan fingerprint density at radius 3 is 2.40 bits per heavy atom. The molecular formula is C28H24ClN5O4S2. The van der Waals surface area contributed by atoms with E-state index in [2.05, 4.69) is 20.0 Å². The molecule has 0 aliphatic carbocycles. The van der Waals surface area contributed by atoms with Crippen molar-refractivity contribution in [3.8, 4) is 0 Å². The lowest BCUT2D eigenvalue weighted by Gasteiger charge is -2.24. The van der Waals surface area contributed by atoms with E-state index in [9.17, 15) is 18.0 Å². The van der Waals surface area contributed by atoms with Gasteiger partial charge in [0, 0.05) is 34.7 Å². The van der Waals surface area contributed by atoms with Crippen LogP contribution in [0.1, 0.15) is 32.6 Å². The van der Waals surface area contributed by atoms with Gasteiger partial charge in [-0.05, 0) is 72.6 Å². The Balaban J connectivity index is 1.23. The topological polar surface area (TPSA) is 121 Å². The number of rotatable bonds is 8. The Labute approximate surface area is 241 Å². The van der Waals surface area contributed by atoms with Crippen LogP contribution in [0.2, 0.25) is 5.02 Å². The van der Waals surface area contributed by atoms with Gasteiger partial charge >= 0.3 is 0 Å². The Morgan fingerprint density at radius 1 is 1.02 bits per heavy atom. The van der Waals surface area contributed by atoms with Crippen molar-refractivity contribution in [2.24, 2.45) is 0 Å². The van der Waals surface area contributed by atoms with Gasteiger partial charge in [-0.15, -0.1) is 11.8 Å². The predicted octanol–water partition coefficient (Wildman–Crippen LogP) is 5.27. The maximum atomic E-state index is 12.8. The molecule has 0 spiro atoms. The van der Waals surface area contributed by atoms with Gasteiger partial charge in [0.25, 0.3) is 15.9 Å². The zero-order valence-corrected chi connectivity index (χ0v) is 23.6. The van der Waals surface area contributed by atoms with Gasteiger partial charge in [-0.25, -0.2) is 23.1 Å². The lowest BCUT2D eigenvalue weighted by atomic mass is 10.1. The van der Waals surface area contributed by atoms with Crippen LogP contribution in [-0.4, -0.2) is 40.9 Å². The van der Waals surface area contributed by atoms with Crippen LogP contribution < -0.4 is 10.0 Å². The van der Waals surface area contributed by atoms with Crippen molar-refractivity contribution in [2.45, 2.75) is 23.7 Å². The molecule has 0 bridgehead atoms. The number of hydrogen-bond acceptors (Lipinski definition) is 7. The molecule has 1 aliphatic heterocycles. The highest BCUT2D eigenvalue weighted by molar-refractivity contribution is 8.00. The van der Waals surface area contributed by atoms with Crippen LogP contribution in [0, 0.1) is 6.92 Å². The number of aryl methyl sites for hydroxylation is 1. The molecule has 5 rings (SSSR count). The van der Waals surface area contributed by atoms with Gasteiger partial charge in [0.15, 0.2) is 0 Å². The molecule has 2 N–H and O–H groups in total. The first-order valence-corrected chi connectivity index (χ1v) is 15.1. The minimum Gasteiger partial charge on any atom is -0.322 e. The van der Waals surface area contributed by atoms with Gasteiger partial charge in [0.2, 0.25) is 11.9 Å². The van der Waals surface area contributed by atoms with Gasteiger partial charge in [0.1, 0.15) is 5.37 Å². The number of aromatic nitrogens is 2. The highest BCUT2D eigenvalue weighted by Gasteiger charge is 2.32. The van der Waals surface area contributed by atoms with E-state index in [-0.39, 0.29) is 28.0 Å². The fourth-order valence-corrected chi connectivity index (χ4v) is 6.35. The summed E-state index contributed by atoms with van der Waals surface area (Å²) >= 11 is 7.52. The molecule has 1 aromatic heterocycles. The Morgan fingerprint density at radius 2 is 1.73 bits per heavy atom. The summed E-state index contributed by atoms with van der Waals surface area (Å²) < 4.78 is 27.7. The van der Waals surface area contributed by atoms with Crippen molar-refractivity contribution in [1.29, 1.82) is 0 Å². The zero-order valence-electron chi connectivity index (χ0n) is 21.2. The standard InChI is InChI=1S/C28H24ClN5O4S2/c1-18-14-15-30-28(31-18)33-40(37,38)24-12-10-23(11-13-24)32-26(36)20-4-6-21(7-5-20)27-34(25(35)17-39-27)16-19-2-8-22(29)9-3-19/h2-15,27H,16-17H2,1H3,(H,32,36)(H,30,31,33)/t27-/m1/s1. The minimum atomic E-state index is -3.89. The molecule has 3 aromatic carbocycles. The lowest BCUT2D eigenvalue weighted by molar-refractivity contribution is -0.128. The van der Waals surface area contributed by atoms with E-state index in [0.717, 1.165) is 11.1 Å². The summed E-state index contributed by atoms with van der Waals surface area (Å²) in [6, 6.07) is 22.0. The molecule has 9 nitrogen and oxygen atoms in total. The maximum absolute atomic E-state index is 12.8. The molecule has 1 atom stereocenters. The molecule has 204 valence electrons. The second kappa shape index (κ2) is 11.7. The molecule has 0 unspecified atom stereocenters. The summed E-state index contributed by atoms with van der Waals surface area (Å²) in [5, 5.41) is 3.26. The fourth-order valence-electron chi connectivity index (χ4n) is 4.08. The van der Waals surface area contributed by atoms with Crippen molar-refractivity contribution in [3.05, 3.63) is 112 Å². The Kier molecular flexibility index (Phi) is 8.06. The first-order chi connectivity index (χ1) is 19.2. The zero-order chi connectivity index (χ0) is 28.3. The summed E-state index contributed by atoms with van der Waals surface area (Å²) in [6.45, 7) is 2.20. The van der Waals surface area contributed by atoms with Crippen LogP contribution in [0.5, 0.6) is 0 Å². The molecule has 4 aromatic rings. The fraction of sp³-hybridized carbons (Fsp3) is 0.143. The predicted molar refractivity (Wildman–Crippen MR) is 156 cm³/mol. The molecule has 1 fully saturated rings. The molecule has 12 heteroatoms. The average Bonchev–Trinajstić information content (AvgIpc) is 3.29. The number of thioether (sulfide) groups is 1. The van der Waals surface area contributed by atoms with Crippen molar-refractivity contribution in [1.82, 2.24) is 14.9 Å². The highest BCUT2D eigenvalue weighted by Crippen LogP contribution is 2.39. The van der Waals surface area contributed by atoms with E-state index in [1.807, 2.05) is 29.2 Å². The number of hydrogen-bond donors (Lipinski definition) is 2. The minimum absolute atomic E-state index is 0.00623. The second-order valence-electron chi connectivity index (χ2n) is 9.04. The molecule has 1 aliphatic rings. The second-order valence-corrected chi connectivity index (χ2v) is 12.2. The third kappa shape index (κ3) is 6.44. The number of sulfonamides is 1. The molecular weight excluding hydrogens is 570 g/mol. The largest absolute Gasteiger partial charge is 0.322 e. The van der Waals surface area contributed by atoms with Gasteiger partial charge < -0.3 is 10.2 Å². The van der Waals surface area contributed by atoms with Gasteiger partial charge in [-0.3, -0.25) is 9.59 Å². The number of carbonyl (C=O) groups excluding carboxylic acids is 2. The quantitative estimate of drug-likeness (QED) is 0.286. The summed E-state index contributed by atoms with van der Waals surface area (Å²) in [5.41, 5.74) is 3.40. The van der Waals surface area contributed by atoms with Crippen LogP contribution in [-0.2, 0) is 21.4 Å². The molecule has 1 saturated heterocycles. The third-order valence-corrected chi connectivity index (χ3v) is 8.99. The number of nitrogens with one attached hydrogen (secondary N) is 2. The van der Waals surface area contributed by atoms with Crippen LogP contribution in [0.25, 0.3) is 0 Å². The van der Waals surface area contributed by atoms with Crippen molar-refractivity contribution in [2.75, 3.05) is 15.8 Å². The van der Waals surface area contributed by atoms with E-state index in [4.69, 9.17) is 11.6 Å². The Hall–Kier alpha value is -3.93. The highest BCUT2D eigenvalue weighted by atomic mass is 35.5. The van der Waals surface area contributed by atoms with E-state index >= 15 is 0 Å². The smallest absolute Gasteiger partial charge is 0.264 e. The number of halogens is 1. The molecule has 0 radical (unpaired) electrons. The van der Waals surface area contributed by atoms with Crippen LogP contribution in [0.3, 0.4) is 0 Å². The summed E-state index contributed by atoms with van der Waals surface area (Å²) in [5.74, 6) is 0.0782. The van der Waals surface area contributed by atoms with Crippen molar-refractivity contribution < 1.29 is 18.0 Å². The lowest BCUT2D eigenvalue weighted by Crippen LogP contribution is -2.27. The Bertz CT molecular complexity index is 1650. The summed E-state index contributed by atoms with van der Waals surface area (Å²) in [4.78, 5) is 35.2. The van der Waals surface area contributed by atoms with E-state index in [0.29, 0.717) is 34.3 Å².